The number of hydrogen-bond donors (Lipinski definition) is 2. The summed E-state index contributed by atoms with van der Waals surface area (Å²) >= 11 is 0. The summed E-state index contributed by atoms with van der Waals surface area (Å²) in [4.78, 5) is 11.1. The van der Waals surface area contributed by atoms with E-state index in [1.54, 1.807) is 0 Å². The quantitative estimate of drug-likeness (QED) is 0.794. The first kappa shape index (κ1) is 15.4. The van der Waals surface area contributed by atoms with Gasteiger partial charge in [0.1, 0.15) is 16.0 Å². The topological polar surface area (TPSA) is 89.3 Å². The molecule has 5 nitrogen and oxygen atoms in total. The number of sulfone groups is 1. The minimum atomic E-state index is -4.06. The van der Waals surface area contributed by atoms with Crippen molar-refractivity contribution in [2.24, 2.45) is 0 Å². The molecule has 0 radical (unpaired) electrons. The Bertz CT molecular complexity index is 572. The number of amides is 1. The third-order valence-electron chi connectivity index (χ3n) is 2.65. The van der Waals surface area contributed by atoms with E-state index >= 15 is 0 Å². The number of nitrogen functional groups attached to an aromatic ring is 1. The van der Waals surface area contributed by atoms with Crippen LogP contribution in [0.1, 0.15) is 20.3 Å². The molecule has 3 N–H and O–H groups in total. The summed E-state index contributed by atoms with van der Waals surface area (Å²) in [5.74, 6) is -1.59. The maximum atomic E-state index is 13.6. The van der Waals surface area contributed by atoms with E-state index in [2.05, 4.69) is 5.32 Å². The molecule has 0 spiro atoms. The molecule has 0 saturated carbocycles. The van der Waals surface area contributed by atoms with Gasteiger partial charge in [0.15, 0.2) is 9.84 Å². The van der Waals surface area contributed by atoms with Crippen LogP contribution in [0.25, 0.3) is 0 Å². The molecule has 106 valence electrons. The summed E-state index contributed by atoms with van der Waals surface area (Å²) in [6.45, 7) is 3.46. The van der Waals surface area contributed by atoms with Crippen molar-refractivity contribution in [1.82, 2.24) is 5.32 Å². The number of halogens is 1. The van der Waals surface area contributed by atoms with Crippen molar-refractivity contribution in [1.29, 1.82) is 0 Å². The van der Waals surface area contributed by atoms with Crippen LogP contribution < -0.4 is 11.1 Å². The van der Waals surface area contributed by atoms with E-state index in [1.807, 2.05) is 6.92 Å². The highest BCUT2D eigenvalue weighted by molar-refractivity contribution is 7.92. The van der Waals surface area contributed by atoms with Gasteiger partial charge >= 0.3 is 0 Å². The molecule has 1 rings (SSSR count). The second kappa shape index (κ2) is 6.01. The SMILES string of the molecule is CCCNC(=O)C(C)S(=O)(=O)c1ccc(N)cc1F. The van der Waals surface area contributed by atoms with E-state index in [9.17, 15) is 17.6 Å². The van der Waals surface area contributed by atoms with Crippen molar-refractivity contribution < 1.29 is 17.6 Å². The molecule has 0 fully saturated rings. The van der Waals surface area contributed by atoms with Gasteiger partial charge < -0.3 is 11.1 Å². The second-order valence-electron chi connectivity index (χ2n) is 4.17. The molecule has 19 heavy (non-hydrogen) atoms. The smallest absolute Gasteiger partial charge is 0.238 e. The van der Waals surface area contributed by atoms with Gasteiger partial charge in [-0.2, -0.15) is 0 Å². The Morgan fingerprint density at radius 1 is 1.47 bits per heavy atom. The van der Waals surface area contributed by atoms with Gasteiger partial charge in [-0.15, -0.1) is 0 Å². The molecule has 1 aromatic rings. The third-order valence-corrected chi connectivity index (χ3v) is 4.74. The number of nitrogens with two attached hydrogens (primary N) is 1. The fraction of sp³-hybridized carbons (Fsp3) is 0.417. The van der Waals surface area contributed by atoms with Crippen LogP contribution in [-0.4, -0.2) is 26.1 Å². The van der Waals surface area contributed by atoms with Crippen molar-refractivity contribution in [2.45, 2.75) is 30.4 Å². The molecule has 1 aromatic carbocycles. The predicted molar refractivity (Wildman–Crippen MR) is 70.8 cm³/mol. The Morgan fingerprint density at radius 2 is 2.11 bits per heavy atom. The van der Waals surface area contributed by atoms with E-state index in [0.29, 0.717) is 13.0 Å². The van der Waals surface area contributed by atoms with E-state index in [0.717, 1.165) is 12.1 Å². The highest BCUT2D eigenvalue weighted by Gasteiger charge is 2.31. The molecule has 1 amide bonds. The lowest BCUT2D eigenvalue weighted by molar-refractivity contribution is -0.120. The normalized spacial score (nSPS) is 13.0. The maximum Gasteiger partial charge on any atom is 0.238 e. The molecular weight excluding hydrogens is 271 g/mol. The summed E-state index contributed by atoms with van der Waals surface area (Å²) in [5, 5.41) is 1.12. The van der Waals surface area contributed by atoms with E-state index < -0.39 is 31.7 Å². The molecule has 1 unspecified atom stereocenters. The first-order valence-electron chi connectivity index (χ1n) is 5.87. The van der Waals surface area contributed by atoms with Crippen LogP contribution in [0.4, 0.5) is 10.1 Å². The lowest BCUT2D eigenvalue weighted by Crippen LogP contribution is -2.38. The number of nitrogens with one attached hydrogen (secondary N) is 1. The molecule has 0 aliphatic carbocycles. The first-order chi connectivity index (χ1) is 8.80. The molecule has 0 aliphatic rings. The van der Waals surface area contributed by atoms with Crippen molar-refractivity contribution >= 4 is 21.4 Å². The highest BCUT2D eigenvalue weighted by Crippen LogP contribution is 2.21. The zero-order chi connectivity index (χ0) is 14.6. The van der Waals surface area contributed by atoms with Crippen LogP contribution in [0.3, 0.4) is 0 Å². The number of rotatable bonds is 5. The minimum absolute atomic E-state index is 0.125. The minimum Gasteiger partial charge on any atom is -0.399 e. The summed E-state index contributed by atoms with van der Waals surface area (Å²) in [6.07, 6.45) is 0.689. The summed E-state index contributed by atoms with van der Waals surface area (Å²) in [6, 6.07) is 3.28. The largest absolute Gasteiger partial charge is 0.399 e. The van der Waals surface area contributed by atoms with E-state index in [1.165, 1.54) is 13.0 Å². The Kier molecular flexibility index (Phi) is 4.88. The number of anilines is 1. The second-order valence-corrected chi connectivity index (χ2v) is 6.41. The van der Waals surface area contributed by atoms with Crippen LogP contribution >= 0.6 is 0 Å². The lowest BCUT2D eigenvalue weighted by Gasteiger charge is -2.13. The predicted octanol–water partition coefficient (Wildman–Crippen LogP) is 1.10. The fourth-order valence-electron chi connectivity index (χ4n) is 1.47. The van der Waals surface area contributed by atoms with Crippen LogP contribution in [0.2, 0.25) is 0 Å². The molecule has 7 heteroatoms. The first-order valence-corrected chi connectivity index (χ1v) is 7.42. The molecule has 0 aliphatic heterocycles. The number of hydrogen-bond acceptors (Lipinski definition) is 4. The molecular formula is C12H17FN2O3S. The summed E-state index contributed by atoms with van der Waals surface area (Å²) in [5.41, 5.74) is 5.48. The van der Waals surface area contributed by atoms with Gasteiger partial charge in [-0.3, -0.25) is 4.79 Å². The average Bonchev–Trinajstić information content (AvgIpc) is 2.34. The lowest BCUT2D eigenvalue weighted by atomic mass is 10.3. The Morgan fingerprint density at radius 3 is 2.63 bits per heavy atom. The van der Waals surface area contributed by atoms with Crippen LogP contribution in [0, 0.1) is 5.82 Å². The molecule has 0 saturated heterocycles. The van der Waals surface area contributed by atoms with Crippen LogP contribution in [0.5, 0.6) is 0 Å². The summed E-state index contributed by atoms with van der Waals surface area (Å²) < 4.78 is 37.9. The number of carbonyl (C=O) groups excluding carboxylic acids is 1. The van der Waals surface area contributed by atoms with Gasteiger partial charge in [0.25, 0.3) is 0 Å². The zero-order valence-electron chi connectivity index (χ0n) is 10.8. The Labute approximate surface area is 111 Å². The van der Waals surface area contributed by atoms with Gasteiger partial charge in [0.2, 0.25) is 5.91 Å². The summed E-state index contributed by atoms with van der Waals surface area (Å²) in [7, 11) is -4.06. The average molecular weight is 288 g/mol. The molecule has 1 atom stereocenters. The maximum absolute atomic E-state index is 13.6. The monoisotopic (exact) mass is 288 g/mol. The molecule has 0 heterocycles. The van der Waals surface area contributed by atoms with Crippen LogP contribution in [-0.2, 0) is 14.6 Å². The molecule has 0 aromatic heterocycles. The third kappa shape index (κ3) is 3.44. The zero-order valence-corrected chi connectivity index (χ0v) is 11.6. The van der Waals surface area contributed by atoms with Crippen LogP contribution in [0.15, 0.2) is 23.1 Å². The Balaban J connectivity index is 3.06. The van der Waals surface area contributed by atoms with Gasteiger partial charge in [-0.05, 0) is 31.5 Å². The van der Waals surface area contributed by atoms with Crippen molar-refractivity contribution in [3.63, 3.8) is 0 Å². The fourth-order valence-corrected chi connectivity index (χ4v) is 2.81. The van der Waals surface area contributed by atoms with Crippen molar-refractivity contribution in [2.75, 3.05) is 12.3 Å². The van der Waals surface area contributed by atoms with Gasteiger partial charge in [0, 0.05) is 12.2 Å². The van der Waals surface area contributed by atoms with Gasteiger partial charge in [-0.25, -0.2) is 12.8 Å². The standard InChI is InChI=1S/C12H17FN2O3S/c1-3-6-15-12(16)8(2)19(17,18)11-5-4-9(14)7-10(11)13/h4-5,7-8H,3,6,14H2,1-2H3,(H,15,16). The number of carbonyl (C=O) groups is 1. The van der Waals surface area contributed by atoms with E-state index in [-0.39, 0.29) is 5.69 Å². The Hall–Kier alpha value is -1.63. The van der Waals surface area contributed by atoms with E-state index in [4.69, 9.17) is 5.73 Å². The molecule has 0 bridgehead atoms. The van der Waals surface area contributed by atoms with Gasteiger partial charge in [-0.1, -0.05) is 6.92 Å². The van der Waals surface area contributed by atoms with Crippen molar-refractivity contribution in [3.8, 4) is 0 Å². The highest BCUT2D eigenvalue weighted by atomic mass is 32.2. The number of benzene rings is 1. The van der Waals surface area contributed by atoms with Crippen molar-refractivity contribution in [3.05, 3.63) is 24.0 Å². The van der Waals surface area contributed by atoms with Gasteiger partial charge in [0.05, 0.1) is 0 Å².